The minimum absolute atomic E-state index is 0.711. The first kappa shape index (κ1) is 12.2. The molecular formula is C17H13N3. The van der Waals surface area contributed by atoms with Crippen LogP contribution < -0.4 is 0 Å². The van der Waals surface area contributed by atoms with Gasteiger partial charge in [0, 0.05) is 12.4 Å². The lowest BCUT2D eigenvalue weighted by atomic mass is 9.95. The summed E-state index contributed by atoms with van der Waals surface area (Å²) >= 11 is 0. The molecule has 1 heterocycles. The van der Waals surface area contributed by atoms with E-state index in [0.29, 0.717) is 5.56 Å². The van der Waals surface area contributed by atoms with Crippen molar-refractivity contribution in [3.05, 3.63) is 72.3 Å². The molecule has 1 aromatic heterocycles. The summed E-state index contributed by atoms with van der Waals surface area (Å²) in [5.74, 6) is 0. The van der Waals surface area contributed by atoms with Crippen LogP contribution in [-0.4, -0.2) is 9.55 Å². The molecule has 2 aromatic carbocycles. The Bertz CT molecular complexity index is 766. The first-order valence-electron chi connectivity index (χ1n) is 6.38. The minimum atomic E-state index is 0.711. The summed E-state index contributed by atoms with van der Waals surface area (Å²) in [7, 11) is 0. The van der Waals surface area contributed by atoms with Crippen molar-refractivity contribution in [2.75, 3.05) is 0 Å². The molecule has 0 unspecified atom stereocenters. The van der Waals surface area contributed by atoms with Crippen LogP contribution >= 0.6 is 0 Å². The lowest BCUT2D eigenvalue weighted by Crippen LogP contribution is -1.98. The van der Waals surface area contributed by atoms with Gasteiger partial charge in [0.25, 0.3) is 0 Å². The second-order valence-electron chi connectivity index (χ2n) is 4.58. The van der Waals surface area contributed by atoms with Gasteiger partial charge in [0.2, 0.25) is 0 Å². The van der Waals surface area contributed by atoms with Gasteiger partial charge in [0.1, 0.15) is 6.07 Å². The number of nitrogens with zero attached hydrogens (tertiary/aromatic N) is 3. The number of imidazole rings is 1. The summed E-state index contributed by atoms with van der Waals surface area (Å²) in [6.07, 6.45) is 5.36. The number of hydrogen-bond acceptors (Lipinski definition) is 2. The molecule has 0 aliphatic carbocycles. The van der Waals surface area contributed by atoms with Gasteiger partial charge in [-0.05, 0) is 29.7 Å². The average Bonchev–Trinajstić information content (AvgIpc) is 3.02. The molecule has 20 heavy (non-hydrogen) atoms. The van der Waals surface area contributed by atoms with Crippen molar-refractivity contribution in [1.82, 2.24) is 9.55 Å². The molecule has 0 spiro atoms. The molecule has 0 saturated carbocycles. The Morgan fingerprint density at radius 1 is 1.10 bits per heavy atom. The maximum atomic E-state index is 9.51. The first-order chi connectivity index (χ1) is 9.81. The molecule has 96 valence electrons. The van der Waals surface area contributed by atoms with Gasteiger partial charge in [-0.25, -0.2) is 4.98 Å². The third kappa shape index (κ3) is 1.98. The number of benzene rings is 2. The predicted molar refractivity (Wildman–Crippen MR) is 78.5 cm³/mol. The van der Waals surface area contributed by atoms with E-state index in [-0.39, 0.29) is 0 Å². The highest BCUT2D eigenvalue weighted by molar-refractivity contribution is 5.74. The molecule has 3 heteroatoms. The average molecular weight is 259 g/mol. The third-order valence-corrected chi connectivity index (χ3v) is 3.42. The first-order valence-corrected chi connectivity index (χ1v) is 6.38. The fourth-order valence-electron chi connectivity index (χ4n) is 2.38. The van der Waals surface area contributed by atoms with Crippen molar-refractivity contribution in [2.45, 2.75) is 6.92 Å². The Labute approximate surface area is 117 Å². The number of aromatic nitrogens is 2. The Balaban J connectivity index is 2.21. The molecular weight excluding hydrogens is 246 g/mol. The van der Waals surface area contributed by atoms with E-state index in [1.807, 2.05) is 60.2 Å². The van der Waals surface area contributed by atoms with Gasteiger partial charge < -0.3 is 4.57 Å². The minimum Gasteiger partial charge on any atom is -0.306 e. The van der Waals surface area contributed by atoms with E-state index in [4.69, 9.17) is 0 Å². The highest BCUT2D eigenvalue weighted by Crippen LogP contribution is 2.29. The van der Waals surface area contributed by atoms with Gasteiger partial charge >= 0.3 is 0 Å². The number of hydrogen-bond donors (Lipinski definition) is 0. The zero-order valence-electron chi connectivity index (χ0n) is 11.1. The molecule has 0 radical (unpaired) electrons. The van der Waals surface area contributed by atoms with Crippen LogP contribution in [0.15, 0.2) is 61.2 Å². The van der Waals surface area contributed by atoms with Crippen LogP contribution in [0.4, 0.5) is 0 Å². The SMILES string of the molecule is Cc1c(-n2ccnc2)ccc(-c2ccccc2)c1C#N. The molecule has 0 amide bonds. The van der Waals surface area contributed by atoms with Crippen LogP contribution in [0.2, 0.25) is 0 Å². The molecule has 0 aliphatic rings. The maximum Gasteiger partial charge on any atom is 0.100 e. The van der Waals surface area contributed by atoms with Crippen LogP contribution in [-0.2, 0) is 0 Å². The highest BCUT2D eigenvalue weighted by Gasteiger charge is 2.12. The zero-order valence-corrected chi connectivity index (χ0v) is 11.1. The topological polar surface area (TPSA) is 41.6 Å². The van der Waals surface area contributed by atoms with Crippen LogP contribution in [0.3, 0.4) is 0 Å². The zero-order chi connectivity index (χ0) is 13.9. The Kier molecular flexibility index (Phi) is 3.06. The monoisotopic (exact) mass is 259 g/mol. The molecule has 3 rings (SSSR count). The fourth-order valence-corrected chi connectivity index (χ4v) is 2.38. The Morgan fingerprint density at radius 3 is 2.55 bits per heavy atom. The molecule has 3 aromatic rings. The van der Waals surface area contributed by atoms with Crippen molar-refractivity contribution in [2.24, 2.45) is 0 Å². The van der Waals surface area contributed by atoms with Crippen molar-refractivity contribution in [1.29, 1.82) is 5.26 Å². The molecule has 0 bridgehead atoms. The summed E-state index contributed by atoms with van der Waals surface area (Å²) in [5, 5.41) is 9.51. The summed E-state index contributed by atoms with van der Waals surface area (Å²) in [4.78, 5) is 4.06. The highest BCUT2D eigenvalue weighted by atomic mass is 15.0. The molecule has 0 saturated heterocycles. The number of nitriles is 1. The lowest BCUT2D eigenvalue weighted by Gasteiger charge is -2.12. The smallest absolute Gasteiger partial charge is 0.100 e. The van der Waals surface area contributed by atoms with E-state index in [9.17, 15) is 5.26 Å². The normalized spacial score (nSPS) is 10.2. The van der Waals surface area contributed by atoms with Crippen molar-refractivity contribution < 1.29 is 0 Å². The molecule has 0 N–H and O–H groups in total. The fraction of sp³-hybridized carbons (Fsp3) is 0.0588. The van der Waals surface area contributed by atoms with Gasteiger partial charge in [0.05, 0.1) is 17.6 Å². The third-order valence-electron chi connectivity index (χ3n) is 3.42. The quantitative estimate of drug-likeness (QED) is 0.703. The van der Waals surface area contributed by atoms with E-state index in [1.54, 1.807) is 12.5 Å². The van der Waals surface area contributed by atoms with Crippen molar-refractivity contribution in [3.8, 4) is 22.9 Å². The van der Waals surface area contributed by atoms with Crippen molar-refractivity contribution >= 4 is 0 Å². The number of rotatable bonds is 2. The van der Waals surface area contributed by atoms with Gasteiger partial charge in [-0.2, -0.15) is 5.26 Å². The Hall–Kier alpha value is -2.86. The molecule has 0 fully saturated rings. The van der Waals surface area contributed by atoms with E-state index in [2.05, 4.69) is 11.1 Å². The summed E-state index contributed by atoms with van der Waals surface area (Å²) in [6.45, 7) is 1.97. The van der Waals surface area contributed by atoms with Crippen molar-refractivity contribution in [3.63, 3.8) is 0 Å². The van der Waals surface area contributed by atoms with Gasteiger partial charge in [0.15, 0.2) is 0 Å². The second kappa shape index (κ2) is 5.02. The summed E-state index contributed by atoms with van der Waals surface area (Å²) in [6, 6.07) is 16.3. The van der Waals surface area contributed by atoms with Gasteiger partial charge in [-0.1, -0.05) is 36.4 Å². The van der Waals surface area contributed by atoms with E-state index in [0.717, 1.165) is 22.4 Å². The van der Waals surface area contributed by atoms with Crippen LogP contribution in [0.1, 0.15) is 11.1 Å². The van der Waals surface area contributed by atoms with Crippen LogP contribution in [0.5, 0.6) is 0 Å². The predicted octanol–water partition coefficient (Wildman–Crippen LogP) is 3.72. The maximum absolute atomic E-state index is 9.51. The summed E-state index contributed by atoms with van der Waals surface area (Å²) < 4.78 is 1.92. The van der Waals surface area contributed by atoms with E-state index in [1.165, 1.54) is 0 Å². The van der Waals surface area contributed by atoms with Crippen LogP contribution in [0.25, 0.3) is 16.8 Å². The van der Waals surface area contributed by atoms with Gasteiger partial charge in [-0.15, -0.1) is 0 Å². The van der Waals surface area contributed by atoms with E-state index >= 15 is 0 Å². The van der Waals surface area contributed by atoms with Crippen LogP contribution in [0, 0.1) is 18.3 Å². The largest absolute Gasteiger partial charge is 0.306 e. The standard InChI is InChI=1S/C17H13N3/c1-13-16(11-18)15(14-5-3-2-4-6-14)7-8-17(13)20-10-9-19-12-20/h2-10,12H,1H3. The lowest BCUT2D eigenvalue weighted by molar-refractivity contribution is 1.04. The second-order valence-corrected chi connectivity index (χ2v) is 4.58. The molecule has 0 aliphatic heterocycles. The summed E-state index contributed by atoms with van der Waals surface area (Å²) in [5.41, 5.74) is 4.69. The van der Waals surface area contributed by atoms with Gasteiger partial charge in [-0.3, -0.25) is 0 Å². The molecule has 0 atom stereocenters. The Morgan fingerprint density at radius 2 is 1.90 bits per heavy atom. The molecule has 3 nitrogen and oxygen atoms in total. The van der Waals surface area contributed by atoms with E-state index < -0.39 is 0 Å².